The van der Waals surface area contributed by atoms with Gasteiger partial charge in [0.1, 0.15) is 11.0 Å². The Bertz CT molecular complexity index is 2270. The van der Waals surface area contributed by atoms with Crippen LogP contribution in [0.4, 0.5) is 20.2 Å². The lowest BCUT2D eigenvalue weighted by Crippen LogP contribution is -2.54. The third-order valence-corrected chi connectivity index (χ3v) is 11.4. The maximum Gasteiger partial charge on any atom is 0.264 e. The number of alkyl halides is 2. The molecule has 0 bridgehead atoms. The van der Waals surface area contributed by atoms with Crippen LogP contribution < -0.4 is 21.7 Å². The summed E-state index contributed by atoms with van der Waals surface area (Å²) in [6.45, 7) is 1.33. The summed E-state index contributed by atoms with van der Waals surface area (Å²) in [7, 11) is 0. The first-order valence-electron chi connectivity index (χ1n) is 19.8. The van der Waals surface area contributed by atoms with Gasteiger partial charge in [0, 0.05) is 72.5 Å². The normalized spacial score (nSPS) is 18.0. The molecule has 2 fully saturated rings. The zero-order valence-corrected chi connectivity index (χ0v) is 32.8. The van der Waals surface area contributed by atoms with Crippen molar-refractivity contribution >= 4 is 69.0 Å². The molecule has 1 atom stereocenters. The molecular weight excluding hydrogens is 767 g/mol. The van der Waals surface area contributed by atoms with Crippen molar-refractivity contribution in [1.29, 1.82) is 0 Å². The standard InChI is InChI=1S/C43H46F2N6O6S/c44-43(45)18-15-29(16-19-43)50-25-32(26-7-5-8-27(23-26)39(46)58)30-12-11-28(24-35(30)50)48-37(53)17-22-57-21-4-2-1-3-20-47-33-10-6-9-31-38(33)42(56)51(41(31)55)34-13-14-36(52)49-40(34)54/h5-12,23-25,29,34,47H,1-4,13-22H2,(H2,46,58)(H,48,53)(H,49,52,54). The quantitative estimate of drug-likeness (QED) is 0.0524. The van der Waals surface area contributed by atoms with Crippen LogP contribution in [0, 0.1) is 0 Å². The van der Waals surface area contributed by atoms with Crippen molar-refractivity contribution in [2.75, 3.05) is 30.4 Å². The van der Waals surface area contributed by atoms with Crippen LogP contribution >= 0.6 is 12.2 Å². The molecule has 0 radical (unpaired) electrons. The summed E-state index contributed by atoms with van der Waals surface area (Å²) in [4.78, 5) is 64.5. The molecule has 5 N–H and O–H groups in total. The highest BCUT2D eigenvalue weighted by Gasteiger charge is 2.45. The molecule has 12 nitrogen and oxygen atoms in total. The molecular formula is C43H46F2N6O6S. The number of carbonyl (C=O) groups excluding carboxylic acids is 5. The fourth-order valence-electron chi connectivity index (χ4n) is 8.06. The molecule has 1 aromatic heterocycles. The second-order valence-electron chi connectivity index (χ2n) is 15.1. The summed E-state index contributed by atoms with van der Waals surface area (Å²) >= 11 is 5.20. The summed E-state index contributed by atoms with van der Waals surface area (Å²) in [5, 5.41) is 9.37. The van der Waals surface area contributed by atoms with E-state index >= 15 is 0 Å². The average Bonchev–Trinajstić information content (AvgIpc) is 3.69. The number of thiocarbonyl (C=S) groups is 1. The summed E-state index contributed by atoms with van der Waals surface area (Å²) in [5.74, 6) is -5.00. The van der Waals surface area contributed by atoms with Crippen LogP contribution in [0.25, 0.3) is 22.0 Å². The van der Waals surface area contributed by atoms with Gasteiger partial charge in [-0.25, -0.2) is 8.78 Å². The van der Waals surface area contributed by atoms with Crippen molar-refractivity contribution < 1.29 is 37.5 Å². The van der Waals surface area contributed by atoms with Crippen LogP contribution in [-0.4, -0.2) is 75.7 Å². The number of halogens is 2. The second-order valence-corrected chi connectivity index (χ2v) is 15.6. The Morgan fingerprint density at radius 3 is 2.47 bits per heavy atom. The van der Waals surface area contributed by atoms with E-state index in [4.69, 9.17) is 22.7 Å². The van der Waals surface area contributed by atoms with Gasteiger partial charge in [0.2, 0.25) is 23.6 Å². The molecule has 7 rings (SSSR count). The molecule has 1 aliphatic carbocycles. The van der Waals surface area contributed by atoms with Gasteiger partial charge in [-0.15, -0.1) is 0 Å². The summed E-state index contributed by atoms with van der Waals surface area (Å²) in [5.41, 5.74) is 10.9. The van der Waals surface area contributed by atoms with E-state index in [0.29, 0.717) is 37.4 Å². The Labute approximate surface area is 339 Å². The van der Waals surface area contributed by atoms with Gasteiger partial charge < -0.3 is 25.7 Å². The number of nitrogens with one attached hydrogen (secondary N) is 3. The fourth-order valence-corrected chi connectivity index (χ4v) is 8.19. The van der Waals surface area contributed by atoms with Crippen LogP contribution in [0.15, 0.2) is 66.9 Å². The highest BCUT2D eigenvalue weighted by Crippen LogP contribution is 2.42. The summed E-state index contributed by atoms with van der Waals surface area (Å²) in [6.07, 6.45) is 6.09. The van der Waals surface area contributed by atoms with Gasteiger partial charge in [-0.1, -0.05) is 55.4 Å². The Balaban J connectivity index is 0.852. The molecule has 5 amide bonds. The van der Waals surface area contributed by atoms with E-state index in [9.17, 15) is 32.8 Å². The third-order valence-electron chi connectivity index (χ3n) is 11.1. The van der Waals surface area contributed by atoms with Crippen LogP contribution in [0.3, 0.4) is 0 Å². The van der Waals surface area contributed by atoms with E-state index in [1.54, 1.807) is 18.2 Å². The lowest BCUT2D eigenvalue weighted by molar-refractivity contribution is -0.136. The van der Waals surface area contributed by atoms with Crippen molar-refractivity contribution in [2.24, 2.45) is 5.73 Å². The number of imide groups is 2. The molecule has 0 spiro atoms. The fraction of sp³-hybridized carbons (Fsp3) is 0.395. The Kier molecular flexibility index (Phi) is 12.3. The number of amides is 5. The van der Waals surface area contributed by atoms with Crippen molar-refractivity contribution in [3.05, 3.63) is 83.6 Å². The number of unbranched alkanes of at least 4 members (excludes halogenated alkanes) is 3. The molecule has 1 unspecified atom stereocenters. The van der Waals surface area contributed by atoms with Crippen LogP contribution in [0.5, 0.6) is 0 Å². The molecule has 3 heterocycles. The van der Waals surface area contributed by atoms with Crippen molar-refractivity contribution in [2.45, 2.75) is 88.6 Å². The lowest BCUT2D eigenvalue weighted by Gasteiger charge is -2.29. The van der Waals surface area contributed by atoms with Gasteiger partial charge in [-0.2, -0.15) is 0 Å². The maximum absolute atomic E-state index is 14.1. The van der Waals surface area contributed by atoms with Crippen molar-refractivity contribution in [1.82, 2.24) is 14.8 Å². The molecule has 15 heteroatoms. The van der Waals surface area contributed by atoms with E-state index in [0.717, 1.165) is 58.2 Å². The van der Waals surface area contributed by atoms with E-state index in [-0.39, 0.29) is 66.8 Å². The second kappa shape index (κ2) is 17.5. The minimum Gasteiger partial charge on any atom is -0.389 e. The van der Waals surface area contributed by atoms with Crippen molar-refractivity contribution in [3.63, 3.8) is 0 Å². The minimum atomic E-state index is -2.66. The van der Waals surface area contributed by atoms with E-state index in [2.05, 4.69) is 20.5 Å². The topological polar surface area (TPSA) is 165 Å². The van der Waals surface area contributed by atoms with E-state index in [1.807, 2.05) is 48.7 Å². The Morgan fingerprint density at radius 1 is 0.914 bits per heavy atom. The van der Waals surface area contributed by atoms with Gasteiger partial charge in [-0.3, -0.25) is 34.2 Å². The highest BCUT2D eigenvalue weighted by atomic mass is 32.1. The monoisotopic (exact) mass is 812 g/mol. The van der Waals surface area contributed by atoms with Gasteiger partial charge >= 0.3 is 0 Å². The van der Waals surface area contributed by atoms with Gasteiger partial charge in [-0.05, 0) is 68.0 Å². The third kappa shape index (κ3) is 8.95. The predicted molar refractivity (Wildman–Crippen MR) is 220 cm³/mol. The maximum atomic E-state index is 14.1. The molecule has 2 aliphatic heterocycles. The number of rotatable bonds is 16. The average molecular weight is 813 g/mol. The lowest BCUT2D eigenvalue weighted by atomic mass is 9.92. The predicted octanol–water partition coefficient (Wildman–Crippen LogP) is 7.11. The zero-order valence-electron chi connectivity index (χ0n) is 32.0. The smallest absolute Gasteiger partial charge is 0.264 e. The molecule has 4 aromatic rings. The molecule has 3 aliphatic rings. The number of hydrogen-bond acceptors (Lipinski definition) is 8. The molecule has 1 saturated carbocycles. The van der Waals surface area contributed by atoms with Crippen LogP contribution in [-0.2, 0) is 19.1 Å². The first-order valence-corrected chi connectivity index (χ1v) is 20.2. The van der Waals surface area contributed by atoms with Crippen LogP contribution in [0.2, 0.25) is 0 Å². The SMILES string of the molecule is NC(=S)c1cccc(-c2cn(C3CCC(F)(F)CC3)c3cc(NC(=O)CCOCCCCCCNc4cccc5c4C(=O)N(C4CCC(=O)NC4=O)C5=O)ccc23)c1. The first kappa shape index (κ1) is 40.6. The number of hydrogen-bond donors (Lipinski definition) is 4. The van der Waals surface area contributed by atoms with Crippen molar-refractivity contribution in [3.8, 4) is 11.1 Å². The zero-order chi connectivity index (χ0) is 41.0. The number of carbonyl (C=O) groups is 5. The Morgan fingerprint density at radius 2 is 1.69 bits per heavy atom. The van der Waals surface area contributed by atoms with E-state index in [1.165, 1.54) is 0 Å². The minimum absolute atomic E-state index is 0.0611. The van der Waals surface area contributed by atoms with Gasteiger partial charge in [0.05, 0.1) is 29.7 Å². The van der Waals surface area contributed by atoms with Gasteiger partial charge in [0.15, 0.2) is 0 Å². The molecule has 1 saturated heterocycles. The Hall–Kier alpha value is -5.54. The number of fused-ring (bicyclic) bond motifs is 2. The summed E-state index contributed by atoms with van der Waals surface area (Å²) < 4.78 is 36.0. The first-order chi connectivity index (χ1) is 27.9. The van der Waals surface area contributed by atoms with Crippen LogP contribution in [0.1, 0.15) is 103 Å². The molecule has 3 aromatic carbocycles. The number of nitrogens with zero attached hydrogens (tertiary/aromatic N) is 2. The number of anilines is 2. The molecule has 304 valence electrons. The van der Waals surface area contributed by atoms with E-state index < -0.39 is 35.6 Å². The van der Waals surface area contributed by atoms with Gasteiger partial charge in [0.25, 0.3) is 11.8 Å². The molecule has 58 heavy (non-hydrogen) atoms. The number of benzene rings is 3. The number of piperidine rings is 1. The largest absolute Gasteiger partial charge is 0.389 e. The number of ether oxygens (including phenoxy) is 1. The number of nitrogens with two attached hydrogens (primary N) is 1. The highest BCUT2D eigenvalue weighted by molar-refractivity contribution is 7.80. The summed E-state index contributed by atoms with van der Waals surface area (Å²) in [6, 6.07) is 17.2. The number of aromatic nitrogens is 1.